The highest BCUT2D eigenvalue weighted by Crippen LogP contribution is 2.33. The molecule has 36 heavy (non-hydrogen) atoms. The van der Waals surface area contributed by atoms with Crippen molar-refractivity contribution in [2.24, 2.45) is 0 Å². The zero-order valence-electron chi connectivity index (χ0n) is 19.6. The summed E-state index contributed by atoms with van der Waals surface area (Å²) < 4.78 is 38.8. The second-order valence-corrected chi connectivity index (χ2v) is 9.20. The van der Waals surface area contributed by atoms with Gasteiger partial charge in [0.1, 0.15) is 24.7 Å². The van der Waals surface area contributed by atoms with Crippen LogP contribution in [-0.2, 0) is 11.4 Å². The van der Waals surface area contributed by atoms with Crippen molar-refractivity contribution in [3.8, 4) is 16.9 Å². The van der Waals surface area contributed by atoms with Crippen LogP contribution in [0, 0.1) is 11.6 Å². The van der Waals surface area contributed by atoms with Crippen molar-refractivity contribution in [2.75, 3.05) is 25.9 Å². The number of nitrogens with one attached hydrogen (secondary N) is 1. The van der Waals surface area contributed by atoms with Gasteiger partial charge in [0, 0.05) is 10.9 Å². The second kappa shape index (κ2) is 11.6. The van der Waals surface area contributed by atoms with Gasteiger partial charge in [-0.25, -0.2) is 8.78 Å². The third-order valence-electron chi connectivity index (χ3n) is 5.98. The molecule has 2 heterocycles. The van der Waals surface area contributed by atoms with Crippen LogP contribution in [0.4, 0.5) is 8.78 Å². The smallest absolute Gasteiger partial charge is 0.323 e. The predicted molar refractivity (Wildman–Crippen MR) is 131 cm³/mol. The highest BCUT2D eigenvalue weighted by atomic mass is 32.2. The van der Waals surface area contributed by atoms with Gasteiger partial charge in [0.2, 0.25) is 0 Å². The van der Waals surface area contributed by atoms with Gasteiger partial charge in [-0.05, 0) is 79.7 Å². The van der Waals surface area contributed by atoms with E-state index in [1.54, 1.807) is 36.6 Å². The number of hydrogen-bond donors (Lipinski definition) is 2. The van der Waals surface area contributed by atoms with Crippen LogP contribution >= 0.6 is 11.8 Å². The summed E-state index contributed by atoms with van der Waals surface area (Å²) in [4.78, 5) is 26.3. The Hall–Kier alpha value is -3.37. The summed E-state index contributed by atoms with van der Waals surface area (Å²) in [7, 11) is 0. The molecule has 4 rings (SSSR count). The standard InChI is InChI=1S/C26H26F2N2O5S/c1-36-24-13-22(28)21(27)12-20(24)16-2-4-18(5-3-16)34-15-19-6-7-23(35-19)26(33)30(14-25(31)32)17-8-10-29-11-9-17/h2-7,12-13,17,29H,8-11,14-15H2,1H3,(H,31,32). The van der Waals surface area contributed by atoms with E-state index >= 15 is 0 Å². The second-order valence-electron chi connectivity index (χ2n) is 8.35. The third-order valence-corrected chi connectivity index (χ3v) is 6.75. The number of nitrogens with zero attached hydrogens (tertiary/aromatic N) is 1. The maximum Gasteiger partial charge on any atom is 0.323 e. The number of halogens is 2. The molecule has 1 aliphatic rings. The molecule has 0 saturated carbocycles. The molecule has 190 valence electrons. The molecule has 0 spiro atoms. The Bertz CT molecular complexity index is 1230. The molecule has 1 aliphatic heterocycles. The van der Waals surface area contributed by atoms with Gasteiger partial charge in [0.05, 0.1) is 0 Å². The number of carboxylic acid groups (broad SMARTS) is 1. The first kappa shape index (κ1) is 25.7. The van der Waals surface area contributed by atoms with Gasteiger partial charge in [0.25, 0.3) is 5.91 Å². The number of aliphatic carboxylic acids is 1. The fourth-order valence-corrected chi connectivity index (χ4v) is 4.77. The molecule has 0 atom stereocenters. The number of carbonyl (C=O) groups excluding carboxylic acids is 1. The monoisotopic (exact) mass is 516 g/mol. The lowest BCUT2D eigenvalue weighted by atomic mass is 10.0. The van der Waals surface area contributed by atoms with Crippen LogP contribution in [0.3, 0.4) is 0 Å². The van der Waals surface area contributed by atoms with Crippen LogP contribution in [0.15, 0.2) is 57.8 Å². The van der Waals surface area contributed by atoms with E-state index in [2.05, 4.69) is 5.32 Å². The molecule has 3 aromatic rings. The van der Waals surface area contributed by atoms with Crippen LogP contribution in [-0.4, -0.2) is 53.8 Å². The molecular weight excluding hydrogens is 490 g/mol. The number of rotatable bonds is 9. The number of furan rings is 1. The number of carbonyl (C=O) groups is 2. The van der Waals surface area contributed by atoms with Crippen LogP contribution in [0.25, 0.3) is 11.1 Å². The molecule has 0 unspecified atom stereocenters. The van der Waals surface area contributed by atoms with Crippen molar-refractivity contribution in [3.05, 3.63) is 71.7 Å². The van der Waals surface area contributed by atoms with E-state index in [-0.39, 0.29) is 18.4 Å². The van der Waals surface area contributed by atoms with E-state index in [4.69, 9.17) is 9.15 Å². The van der Waals surface area contributed by atoms with E-state index in [1.807, 2.05) is 0 Å². The maximum atomic E-state index is 13.8. The van der Waals surface area contributed by atoms with Crippen molar-refractivity contribution in [1.29, 1.82) is 0 Å². The number of piperidine rings is 1. The Morgan fingerprint density at radius 1 is 1.11 bits per heavy atom. The van der Waals surface area contributed by atoms with E-state index in [0.717, 1.165) is 13.1 Å². The van der Waals surface area contributed by atoms with Gasteiger partial charge in [0.15, 0.2) is 17.4 Å². The predicted octanol–water partition coefficient (Wildman–Crippen LogP) is 4.80. The Morgan fingerprint density at radius 2 is 1.81 bits per heavy atom. The Kier molecular flexibility index (Phi) is 8.27. The zero-order valence-corrected chi connectivity index (χ0v) is 20.4. The highest BCUT2D eigenvalue weighted by molar-refractivity contribution is 7.98. The van der Waals surface area contributed by atoms with Gasteiger partial charge in [-0.3, -0.25) is 9.59 Å². The lowest BCUT2D eigenvalue weighted by molar-refractivity contribution is -0.138. The van der Waals surface area contributed by atoms with Crippen LogP contribution in [0.5, 0.6) is 5.75 Å². The number of benzene rings is 2. The van der Waals surface area contributed by atoms with Gasteiger partial charge in [-0.1, -0.05) is 12.1 Å². The van der Waals surface area contributed by atoms with Crippen LogP contribution in [0.1, 0.15) is 29.2 Å². The average molecular weight is 517 g/mol. The fraction of sp³-hybridized carbons (Fsp3) is 0.308. The number of thioether (sulfide) groups is 1. The molecule has 2 aromatic carbocycles. The summed E-state index contributed by atoms with van der Waals surface area (Å²) >= 11 is 1.33. The summed E-state index contributed by atoms with van der Waals surface area (Å²) in [5, 5.41) is 12.5. The molecule has 1 amide bonds. The summed E-state index contributed by atoms with van der Waals surface area (Å²) in [5.41, 5.74) is 1.30. The molecule has 1 saturated heterocycles. The van der Waals surface area contributed by atoms with Gasteiger partial charge < -0.3 is 24.5 Å². The quantitative estimate of drug-likeness (QED) is 0.395. The van der Waals surface area contributed by atoms with Crippen molar-refractivity contribution >= 4 is 23.6 Å². The van der Waals surface area contributed by atoms with Crippen LogP contribution in [0.2, 0.25) is 0 Å². The number of carboxylic acids is 1. The summed E-state index contributed by atoms with van der Waals surface area (Å²) in [6.45, 7) is 1.11. The minimum Gasteiger partial charge on any atom is -0.486 e. The third kappa shape index (κ3) is 6.06. The van der Waals surface area contributed by atoms with Crippen LogP contribution < -0.4 is 10.1 Å². The van der Waals surface area contributed by atoms with Gasteiger partial charge >= 0.3 is 5.97 Å². The van der Waals surface area contributed by atoms with Gasteiger partial charge in [-0.2, -0.15) is 0 Å². The number of amides is 1. The summed E-state index contributed by atoms with van der Waals surface area (Å²) in [6.07, 6.45) is 3.15. The number of hydrogen-bond acceptors (Lipinski definition) is 6. The fourth-order valence-electron chi connectivity index (χ4n) is 4.15. The topological polar surface area (TPSA) is 92.0 Å². The van der Waals surface area contributed by atoms with Crippen molar-refractivity contribution in [1.82, 2.24) is 10.2 Å². The molecule has 1 fully saturated rings. The molecular formula is C26H26F2N2O5S. The normalized spacial score (nSPS) is 14.0. The lowest BCUT2D eigenvalue weighted by Crippen LogP contribution is -2.48. The SMILES string of the molecule is CSc1cc(F)c(F)cc1-c1ccc(OCc2ccc(C(=O)N(CC(=O)O)C3CCNCC3)o2)cc1. The molecule has 1 aromatic heterocycles. The Labute approximate surface area is 211 Å². The average Bonchev–Trinajstić information content (AvgIpc) is 3.37. The largest absolute Gasteiger partial charge is 0.486 e. The first-order valence-corrected chi connectivity index (χ1v) is 12.7. The molecule has 10 heteroatoms. The van der Waals surface area contributed by atoms with E-state index in [9.17, 15) is 23.5 Å². The molecule has 2 N–H and O–H groups in total. The Morgan fingerprint density at radius 3 is 2.47 bits per heavy atom. The summed E-state index contributed by atoms with van der Waals surface area (Å²) in [5.74, 6) is -2.34. The Balaban J connectivity index is 1.41. The van der Waals surface area contributed by atoms with Crippen molar-refractivity contribution in [3.63, 3.8) is 0 Å². The molecule has 0 aliphatic carbocycles. The van der Waals surface area contributed by atoms with E-state index in [1.165, 1.54) is 34.9 Å². The van der Waals surface area contributed by atoms with E-state index < -0.39 is 30.1 Å². The molecule has 0 radical (unpaired) electrons. The first-order valence-electron chi connectivity index (χ1n) is 11.4. The minimum atomic E-state index is -1.08. The molecule has 7 nitrogen and oxygen atoms in total. The zero-order chi connectivity index (χ0) is 25.7. The van der Waals surface area contributed by atoms with Crippen molar-refractivity contribution in [2.45, 2.75) is 30.4 Å². The van der Waals surface area contributed by atoms with Gasteiger partial charge in [-0.15, -0.1) is 11.8 Å². The van der Waals surface area contributed by atoms with Crippen molar-refractivity contribution < 1.29 is 32.6 Å². The first-order chi connectivity index (χ1) is 17.4. The summed E-state index contributed by atoms with van der Waals surface area (Å²) in [6, 6.07) is 12.3. The number of ether oxygens (including phenoxy) is 1. The molecule has 0 bridgehead atoms. The van der Waals surface area contributed by atoms with E-state index in [0.29, 0.717) is 40.4 Å². The maximum absolute atomic E-state index is 13.8. The highest BCUT2D eigenvalue weighted by Gasteiger charge is 2.29. The lowest BCUT2D eigenvalue weighted by Gasteiger charge is -2.33. The minimum absolute atomic E-state index is 0.0557.